The van der Waals surface area contributed by atoms with Gasteiger partial charge < -0.3 is 10.2 Å². The Labute approximate surface area is 115 Å². The molecule has 1 aromatic heterocycles. The van der Waals surface area contributed by atoms with Crippen molar-refractivity contribution in [1.29, 1.82) is 0 Å². The van der Waals surface area contributed by atoms with Crippen LogP contribution in [0.4, 0.5) is 0 Å². The van der Waals surface area contributed by atoms with Gasteiger partial charge in [0, 0.05) is 5.56 Å². The predicted octanol–water partition coefficient (Wildman–Crippen LogP) is 4.65. The summed E-state index contributed by atoms with van der Waals surface area (Å²) < 4.78 is 5.79. The molecule has 2 nitrogen and oxygen atoms in total. The summed E-state index contributed by atoms with van der Waals surface area (Å²) in [7, 11) is 0. The monoisotopic (exact) mass is 257 g/mol. The van der Waals surface area contributed by atoms with Gasteiger partial charge in [-0.25, -0.2) is 0 Å². The van der Waals surface area contributed by atoms with Crippen LogP contribution in [0, 0.1) is 0 Å². The van der Waals surface area contributed by atoms with Crippen molar-refractivity contribution < 1.29 is 4.42 Å². The number of rotatable bonds is 4. The van der Waals surface area contributed by atoms with Gasteiger partial charge in [0.2, 0.25) is 0 Å². The highest BCUT2D eigenvalue weighted by Gasteiger charge is 2.13. The lowest BCUT2D eigenvalue weighted by Crippen LogP contribution is -1.96. The summed E-state index contributed by atoms with van der Waals surface area (Å²) in [5, 5.41) is 0. The van der Waals surface area contributed by atoms with E-state index in [9.17, 15) is 0 Å². The summed E-state index contributed by atoms with van der Waals surface area (Å²) >= 11 is 0. The van der Waals surface area contributed by atoms with Crippen LogP contribution in [0.1, 0.15) is 56.4 Å². The predicted molar refractivity (Wildman–Crippen MR) is 80.2 cm³/mol. The van der Waals surface area contributed by atoms with Crippen molar-refractivity contribution in [2.75, 3.05) is 0 Å². The lowest BCUT2D eigenvalue weighted by atomic mass is 9.91. The molecule has 2 rings (SSSR count). The third kappa shape index (κ3) is 2.90. The van der Waals surface area contributed by atoms with Crippen molar-refractivity contribution in [1.82, 2.24) is 0 Å². The van der Waals surface area contributed by atoms with E-state index in [0.717, 1.165) is 11.5 Å². The molecule has 0 radical (unpaired) electrons. The molecule has 0 unspecified atom stereocenters. The second kappa shape index (κ2) is 5.62. The molecule has 0 fully saturated rings. The minimum atomic E-state index is 0.446. The van der Waals surface area contributed by atoms with E-state index < -0.39 is 0 Å². The highest BCUT2D eigenvalue weighted by Crippen LogP contribution is 2.33. The number of hydrogen-bond donors (Lipinski definition) is 1. The van der Waals surface area contributed by atoms with E-state index in [1.807, 2.05) is 12.1 Å². The molecule has 0 aliphatic rings. The van der Waals surface area contributed by atoms with Gasteiger partial charge in [-0.2, -0.15) is 0 Å². The summed E-state index contributed by atoms with van der Waals surface area (Å²) in [6.45, 7) is 9.32. The Morgan fingerprint density at radius 2 is 1.74 bits per heavy atom. The maximum atomic E-state index is 5.79. The first-order chi connectivity index (χ1) is 9.02. The quantitative estimate of drug-likeness (QED) is 0.865. The van der Waals surface area contributed by atoms with Gasteiger partial charge in [0.1, 0.15) is 11.5 Å². The molecule has 0 bridgehead atoms. The van der Waals surface area contributed by atoms with Crippen molar-refractivity contribution in [3.8, 4) is 11.3 Å². The Balaban J connectivity index is 2.50. The fourth-order valence-electron chi connectivity index (χ4n) is 2.27. The van der Waals surface area contributed by atoms with Gasteiger partial charge in [0.15, 0.2) is 0 Å². The number of nitrogens with two attached hydrogens (primary N) is 1. The van der Waals surface area contributed by atoms with Crippen LogP contribution in [0.5, 0.6) is 0 Å². The van der Waals surface area contributed by atoms with E-state index in [-0.39, 0.29) is 0 Å². The smallest absolute Gasteiger partial charge is 0.134 e. The van der Waals surface area contributed by atoms with Crippen molar-refractivity contribution in [2.24, 2.45) is 5.73 Å². The van der Waals surface area contributed by atoms with E-state index in [2.05, 4.69) is 45.9 Å². The van der Waals surface area contributed by atoms with Crippen LogP contribution < -0.4 is 5.73 Å². The Morgan fingerprint density at radius 3 is 2.26 bits per heavy atom. The third-order valence-corrected chi connectivity index (χ3v) is 3.49. The standard InChI is InChI=1S/C17H23NO/c1-11(2)13-5-7-15(16(9-13)12(3)4)17-8-6-14(10-18)19-17/h5-9,11-12H,10,18H2,1-4H3. The number of hydrogen-bond acceptors (Lipinski definition) is 2. The molecule has 102 valence electrons. The molecule has 2 aromatic rings. The van der Waals surface area contributed by atoms with Crippen LogP contribution in [0.3, 0.4) is 0 Å². The van der Waals surface area contributed by atoms with Crippen LogP contribution in [-0.4, -0.2) is 0 Å². The molecule has 0 aliphatic carbocycles. The Bertz CT molecular complexity index is 552. The maximum Gasteiger partial charge on any atom is 0.134 e. The molecular formula is C17H23NO. The molecule has 1 heterocycles. The second-order valence-corrected chi connectivity index (χ2v) is 5.63. The Morgan fingerprint density at radius 1 is 1.00 bits per heavy atom. The highest BCUT2D eigenvalue weighted by atomic mass is 16.3. The molecule has 0 aliphatic heterocycles. The van der Waals surface area contributed by atoms with E-state index >= 15 is 0 Å². The van der Waals surface area contributed by atoms with Gasteiger partial charge in [-0.05, 0) is 35.1 Å². The summed E-state index contributed by atoms with van der Waals surface area (Å²) in [6.07, 6.45) is 0. The molecule has 2 N–H and O–H groups in total. The number of furan rings is 1. The summed E-state index contributed by atoms with van der Waals surface area (Å²) in [5.41, 5.74) is 9.50. The first-order valence-electron chi connectivity index (χ1n) is 6.96. The lowest BCUT2D eigenvalue weighted by Gasteiger charge is -2.15. The third-order valence-electron chi connectivity index (χ3n) is 3.49. The Hall–Kier alpha value is -1.54. The second-order valence-electron chi connectivity index (χ2n) is 5.63. The van der Waals surface area contributed by atoms with Crippen molar-refractivity contribution in [3.05, 3.63) is 47.2 Å². The zero-order chi connectivity index (χ0) is 14.0. The lowest BCUT2D eigenvalue weighted by molar-refractivity contribution is 0.524. The average molecular weight is 257 g/mol. The van der Waals surface area contributed by atoms with Crippen LogP contribution in [0.15, 0.2) is 34.7 Å². The SMILES string of the molecule is CC(C)c1ccc(-c2ccc(CN)o2)c(C(C)C)c1. The van der Waals surface area contributed by atoms with Gasteiger partial charge in [0.25, 0.3) is 0 Å². The van der Waals surface area contributed by atoms with Gasteiger partial charge in [-0.1, -0.05) is 45.9 Å². The van der Waals surface area contributed by atoms with Crippen LogP contribution in [0.2, 0.25) is 0 Å². The summed E-state index contributed by atoms with van der Waals surface area (Å²) in [6, 6.07) is 10.6. The van der Waals surface area contributed by atoms with E-state index in [0.29, 0.717) is 18.4 Å². The molecule has 19 heavy (non-hydrogen) atoms. The fraction of sp³-hybridized carbons (Fsp3) is 0.412. The normalized spacial score (nSPS) is 11.5. The molecule has 0 amide bonds. The molecule has 0 saturated carbocycles. The summed E-state index contributed by atoms with van der Waals surface area (Å²) in [5.74, 6) is 2.76. The minimum Gasteiger partial charge on any atom is -0.460 e. The first kappa shape index (κ1) is 13.9. The topological polar surface area (TPSA) is 39.2 Å². The van der Waals surface area contributed by atoms with Crippen molar-refractivity contribution in [3.63, 3.8) is 0 Å². The van der Waals surface area contributed by atoms with Gasteiger partial charge in [-0.15, -0.1) is 0 Å². The van der Waals surface area contributed by atoms with Crippen molar-refractivity contribution >= 4 is 0 Å². The highest BCUT2D eigenvalue weighted by molar-refractivity contribution is 5.64. The van der Waals surface area contributed by atoms with Crippen molar-refractivity contribution in [2.45, 2.75) is 46.1 Å². The zero-order valence-electron chi connectivity index (χ0n) is 12.2. The maximum absolute atomic E-state index is 5.79. The molecule has 0 atom stereocenters. The van der Waals surface area contributed by atoms with Crippen LogP contribution >= 0.6 is 0 Å². The van der Waals surface area contributed by atoms with E-state index in [4.69, 9.17) is 10.2 Å². The van der Waals surface area contributed by atoms with Crippen LogP contribution in [-0.2, 0) is 6.54 Å². The minimum absolute atomic E-state index is 0.446. The molecule has 0 spiro atoms. The van der Waals surface area contributed by atoms with E-state index in [1.54, 1.807) is 0 Å². The molecular weight excluding hydrogens is 234 g/mol. The molecule has 2 heteroatoms. The van der Waals surface area contributed by atoms with E-state index in [1.165, 1.54) is 16.7 Å². The summed E-state index contributed by atoms with van der Waals surface area (Å²) in [4.78, 5) is 0. The van der Waals surface area contributed by atoms with Gasteiger partial charge >= 0.3 is 0 Å². The van der Waals surface area contributed by atoms with Gasteiger partial charge in [-0.3, -0.25) is 0 Å². The molecule has 0 saturated heterocycles. The number of benzene rings is 1. The average Bonchev–Trinajstić information content (AvgIpc) is 2.86. The Kier molecular flexibility index (Phi) is 4.11. The van der Waals surface area contributed by atoms with Gasteiger partial charge in [0.05, 0.1) is 6.54 Å². The zero-order valence-corrected chi connectivity index (χ0v) is 12.2. The fourth-order valence-corrected chi connectivity index (χ4v) is 2.27. The van der Waals surface area contributed by atoms with Crippen LogP contribution in [0.25, 0.3) is 11.3 Å². The first-order valence-corrected chi connectivity index (χ1v) is 6.96. The molecule has 1 aromatic carbocycles. The largest absolute Gasteiger partial charge is 0.460 e.